The van der Waals surface area contributed by atoms with Gasteiger partial charge in [-0.25, -0.2) is 5.43 Å². The van der Waals surface area contributed by atoms with Gasteiger partial charge in [-0.2, -0.15) is 10.2 Å². The van der Waals surface area contributed by atoms with Crippen molar-refractivity contribution in [3.63, 3.8) is 0 Å². The number of hydrogen-bond donors (Lipinski definition) is 2. The van der Waals surface area contributed by atoms with Gasteiger partial charge in [-0.1, -0.05) is 30.3 Å². The summed E-state index contributed by atoms with van der Waals surface area (Å²) in [5.74, 6) is -0.320. The van der Waals surface area contributed by atoms with Crippen molar-refractivity contribution in [2.75, 3.05) is 0 Å². The number of hydrogen-bond acceptors (Lipinski definition) is 4. The highest BCUT2D eigenvalue weighted by Crippen LogP contribution is 2.16. The number of aryl methyl sites for hydroxylation is 1. The van der Waals surface area contributed by atoms with Gasteiger partial charge in [0, 0.05) is 15.3 Å². The number of aromatic nitrogens is 2. The second-order valence-corrected chi connectivity index (χ2v) is 6.00. The van der Waals surface area contributed by atoms with E-state index in [4.69, 9.17) is 0 Å². The second-order valence-electron chi connectivity index (χ2n) is 4.68. The van der Waals surface area contributed by atoms with E-state index in [9.17, 15) is 4.79 Å². The number of nitrogens with one attached hydrogen (secondary N) is 2. The lowest BCUT2D eigenvalue weighted by Gasteiger charge is -1.94. The van der Waals surface area contributed by atoms with Crippen LogP contribution in [0.3, 0.4) is 0 Å². The zero-order valence-electron chi connectivity index (χ0n) is 11.9. The number of carbonyl (C=O) groups excluding carboxylic acids is 1. The van der Waals surface area contributed by atoms with Crippen LogP contribution in [0.5, 0.6) is 0 Å². The van der Waals surface area contributed by atoms with Crippen LogP contribution in [0.1, 0.15) is 20.2 Å². The van der Waals surface area contributed by atoms with Crippen LogP contribution >= 0.6 is 11.3 Å². The fourth-order valence-electron chi connectivity index (χ4n) is 1.93. The maximum atomic E-state index is 12.0. The molecule has 0 aliphatic rings. The van der Waals surface area contributed by atoms with Gasteiger partial charge in [-0.3, -0.25) is 9.89 Å². The summed E-state index contributed by atoms with van der Waals surface area (Å²) in [7, 11) is 0. The SMILES string of the molecule is Cc1ccc(/C=N\NC(=O)c2cc(-c3ccccc3)n[nH]2)s1. The van der Waals surface area contributed by atoms with E-state index in [2.05, 4.69) is 20.7 Å². The van der Waals surface area contributed by atoms with Gasteiger partial charge in [-0.05, 0) is 25.1 Å². The number of benzene rings is 1. The Morgan fingerprint density at radius 1 is 1.27 bits per heavy atom. The topological polar surface area (TPSA) is 70.1 Å². The summed E-state index contributed by atoms with van der Waals surface area (Å²) in [4.78, 5) is 14.2. The molecular weight excluding hydrogens is 296 g/mol. The zero-order chi connectivity index (χ0) is 15.4. The average molecular weight is 310 g/mol. The first-order valence-corrected chi connectivity index (χ1v) is 7.55. The van der Waals surface area contributed by atoms with Crippen LogP contribution in [0.2, 0.25) is 0 Å². The zero-order valence-corrected chi connectivity index (χ0v) is 12.7. The van der Waals surface area contributed by atoms with Crippen LogP contribution in [0.15, 0.2) is 53.6 Å². The van der Waals surface area contributed by atoms with Gasteiger partial charge >= 0.3 is 0 Å². The van der Waals surface area contributed by atoms with E-state index in [1.54, 1.807) is 23.6 Å². The number of H-pyrrole nitrogens is 1. The molecule has 0 aliphatic carbocycles. The van der Waals surface area contributed by atoms with Crippen molar-refractivity contribution < 1.29 is 4.79 Å². The van der Waals surface area contributed by atoms with E-state index in [0.29, 0.717) is 5.69 Å². The summed E-state index contributed by atoms with van der Waals surface area (Å²) < 4.78 is 0. The van der Waals surface area contributed by atoms with Crippen LogP contribution in [-0.2, 0) is 0 Å². The summed E-state index contributed by atoms with van der Waals surface area (Å²) in [5.41, 5.74) is 4.54. The number of aromatic amines is 1. The van der Waals surface area contributed by atoms with Gasteiger partial charge in [-0.15, -0.1) is 11.3 Å². The van der Waals surface area contributed by atoms with Crippen LogP contribution in [0.4, 0.5) is 0 Å². The fraction of sp³-hybridized carbons (Fsp3) is 0.0625. The van der Waals surface area contributed by atoms with Crippen LogP contribution in [0, 0.1) is 6.92 Å². The Hall–Kier alpha value is -2.73. The molecule has 2 N–H and O–H groups in total. The van der Waals surface area contributed by atoms with E-state index < -0.39 is 0 Å². The van der Waals surface area contributed by atoms with E-state index in [1.807, 2.05) is 49.4 Å². The molecule has 6 heteroatoms. The minimum absolute atomic E-state index is 0.320. The predicted molar refractivity (Wildman–Crippen MR) is 88.1 cm³/mol. The van der Waals surface area contributed by atoms with Gasteiger partial charge in [0.15, 0.2) is 0 Å². The van der Waals surface area contributed by atoms with Gasteiger partial charge < -0.3 is 0 Å². The lowest BCUT2D eigenvalue weighted by Crippen LogP contribution is -2.17. The van der Waals surface area contributed by atoms with E-state index in [-0.39, 0.29) is 5.91 Å². The molecule has 0 aliphatic heterocycles. The number of amides is 1. The molecular formula is C16H14N4OS. The molecule has 2 heterocycles. The second kappa shape index (κ2) is 6.36. The quantitative estimate of drug-likeness (QED) is 0.574. The Morgan fingerprint density at radius 2 is 2.09 bits per heavy atom. The number of nitrogens with zero attached hydrogens (tertiary/aromatic N) is 2. The Balaban J connectivity index is 1.66. The summed E-state index contributed by atoms with van der Waals surface area (Å²) in [5, 5.41) is 10.8. The first kappa shape index (κ1) is 14.2. The Bertz CT molecular complexity index is 804. The molecule has 2 aromatic heterocycles. The molecule has 1 amide bonds. The molecule has 0 spiro atoms. The van der Waals surface area contributed by atoms with Crippen molar-refractivity contribution in [3.05, 3.63) is 64.0 Å². The molecule has 3 rings (SSSR count). The van der Waals surface area contributed by atoms with E-state index >= 15 is 0 Å². The third-order valence-electron chi connectivity index (χ3n) is 3.01. The van der Waals surface area contributed by atoms with Gasteiger partial charge in [0.05, 0.1) is 11.9 Å². The van der Waals surface area contributed by atoms with Gasteiger partial charge in [0.2, 0.25) is 0 Å². The number of rotatable bonds is 4. The van der Waals surface area contributed by atoms with Crippen LogP contribution in [-0.4, -0.2) is 22.3 Å². The van der Waals surface area contributed by atoms with Crippen molar-refractivity contribution in [2.24, 2.45) is 5.10 Å². The summed E-state index contributed by atoms with van der Waals surface area (Å²) in [6, 6.07) is 15.3. The minimum atomic E-state index is -0.320. The lowest BCUT2D eigenvalue weighted by molar-refractivity contribution is 0.0950. The average Bonchev–Trinajstić information content (AvgIpc) is 3.17. The molecule has 110 valence electrons. The third kappa shape index (κ3) is 3.29. The number of carbonyl (C=O) groups is 1. The lowest BCUT2D eigenvalue weighted by atomic mass is 10.1. The molecule has 0 bridgehead atoms. The van der Waals surface area contributed by atoms with Crippen LogP contribution in [0.25, 0.3) is 11.3 Å². The summed E-state index contributed by atoms with van der Waals surface area (Å²) in [6.07, 6.45) is 1.63. The highest BCUT2D eigenvalue weighted by molar-refractivity contribution is 7.13. The molecule has 0 saturated carbocycles. The monoisotopic (exact) mass is 310 g/mol. The highest BCUT2D eigenvalue weighted by Gasteiger charge is 2.09. The van der Waals surface area contributed by atoms with E-state index in [1.165, 1.54) is 4.88 Å². The Labute approximate surface area is 131 Å². The van der Waals surface area contributed by atoms with Crippen molar-refractivity contribution in [3.8, 4) is 11.3 Å². The van der Waals surface area contributed by atoms with Crippen molar-refractivity contribution >= 4 is 23.5 Å². The van der Waals surface area contributed by atoms with Crippen LogP contribution < -0.4 is 5.43 Å². The predicted octanol–water partition coefficient (Wildman–Crippen LogP) is 3.21. The maximum Gasteiger partial charge on any atom is 0.289 e. The standard InChI is InChI=1S/C16H14N4OS/c1-11-7-8-13(22-11)10-17-20-16(21)15-9-14(18-19-15)12-5-3-2-4-6-12/h2-10H,1H3,(H,18,19)(H,20,21)/b17-10-. The Kier molecular flexibility index (Phi) is 4.11. The summed E-state index contributed by atoms with van der Waals surface area (Å²) >= 11 is 1.62. The number of hydrazone groups is 1. The van der Waals surface area contributed by atoms with Crippen molar-refractivity contribution in [2.45, 2.75) is 6.92 Å². The summed E-state index contributed by atoms with van der Waals surface area (Å²) in [6.45, 7) is 2.02. The molecule has 1 aromatic carbocycles. The Morgan fingerprint density at radius 3 is 2.82 bits per heavy atom. The normalized spacial score (nSPS) is 11.0. The maximum absolute atomic E-state index is 12.0. The number of thiophene rings is 1. The molecule has 0 unspecified atom stereocenters. The molecule has 0 fully saturated rings. The third-order valence-corrected chi connectivity index (χ3v) is 3.95. The molecule has 22 heavy (non-hydrogen) atoms. The minimum Gasteiger partial charge on any atom is -0.272 e. The largest absolute Gasteiger partial charge is 0.289 e. The molecule has 0 saturated heterocycles. The highest BCUT2D eigenvalue weighted by atomic mass is 32.1. The first-order chi connectivity index (χ1) is 10.7. The fourth-order valence-corrected chi connectivity index (χ4v) is 2.68. The van der Waals surface area contributed by atoms with Gasteiger partial charge in [0.25, 0.3) is 5.91 Å². The molecule has 5 nitrogen and oxygen atoms in total. The van der Waals surface area contributed by atoms with E-state index in [0.717, 1.165) is 16.1 Å². The molecule has 3 aromatic rings. The first-order valence-electron chi connectivity index (χ1n) is 6.73. The molecule has 0 atom stereocenters. The van der Waals surface area contributed by atoms with Crippen molar-refractivity contribution in [1.29, 1.82) is 0 Å². The van der Waals surface area contributed by atoms with Crippen molar-refractivity contribution in [1.82, 2.24) is 15.6 Å². The molecule has 0 radical (unpaired) electrons. The van der Waals surface area contributed by atoms with Gasteiger partial charge in [0.1, 0.15) is 5.69 Å². The smallest absolute Gasteiger partial charge is 0.272 e.